The maximum absolute atomic E-state index is 14.0. The van der Waals surface area contributed by atoms with Gasteiger partial charge in [0.1, 0.15) is 23.1 Å². The number of aliphatic hydroxyl groups excluding tert-OH is 1. The second kappa shape index (κ2) is 6.07. The molecule has 1 aromatic carbocycles. The average Bonchev–Trinajstić information content (AvgIpc) is 3.01. The van der Waals surface area contributed by atoms with Crippen molar-refractivity contribution in [3.63, 3.8) is 0 Å². The van der Waals surface area contributed by atoms with E-state index in [-0.39, 0.29) is 40.7 Å². The molecule has 3 rings (SSSR count). The Hall–Kier alpha value is -3.29. The first-order valence-electron chi connectivity index (χ1n) is 7.04. The monoisotopic (exact) mass is 329 g/mol. The first-order valence-corrected chi connectivity index (χ1v) is 7.04. The van der Waals surface area contributed by atoms with Gasteiger partial charge in [-0.1, -0.05) is 12.1 Å². The van der Waals surface area contributed by atoms with E-state index >= 15 is 0 Å². The standard InChI is InChI=1S/C16H12FN3O4/c17-10-4-2-1-3-9(10)11-7-13(22)15(12(21)5-6-14(23)24)16-18-8-19-20(11)16/h1-4,7-8,21H,5-6H2,(H,23,24). The van der Waals surface area contributed by atoms with Crippen LogP contribution in [0, 0.1) is 5.82 Å². The number of fused-ring (bicyclic) bond motifs is 1. The van der Waals surface area contributed by atoms with E-state index in [1.165, 1.54) is 29.0 Å². The highest BCUT2D eigenvalue weighted by Crippen LogP contribution is 2.20. The Kier molecular flexibility index (Phi) is 3.95. The highest BCUT2D eigenvalue weighted by Gasteiger charge is 2.15. The van der Waals surface area contributed by atoms with Crippen molar-refractivity contribution in [2.24, 2.45) is 0 Å². The minimum atomic E-state index is -1.10. The van der Waals surface area contributed by atoms with Crippen LogP contribution in [-0.4, -0.2) is 30.8 Å². The summed E-state index contributed by atoms with van der Waals surface area (Å²) in [6.07, 6.45) is 0.625. The van der Waals surface area contributed by atoms with Gasteiger partial charge in [0.15, 0.2) is 11.1 Å². The molecule has 0 aliphatic carbocycles. The summed E-state index contributed by atoms with van der Waals surface area (Å²) in [7, 11) is 0. The number of benzene rings is 1. The van der Waals surface area contributed by atoms with E-state index in [0.717, 1.165) is 6.07 Å². The Morgan fingerprint density at radius 1 is 1.21 bits per heavy atom. The number of nitrogens with zero attached hydrogens (tertiary/aromatic N) is 3. The third-order valence-electron chi connectivity index (χ3n) is 3.53. The van der Waals surface area contributed by atoms with Crippen LogP contribution in [0.25, 0.3) is 22.7 Å². The summed E-state index contributed by atoms with van der Waals surface area (Å²) in [5.74, 6) is -2.02. The number of carboxylic acid groups (broad SMARTS) is 1. The zero-order valence-corrected chi connectivity index (χ0v) is 12.3. The molecule has 24 heavy (non-hydrogen) atoms. The molecule has 2 N–H and O–H groups in total. The Morgan fingerprint density at radius 2 is 1.96 bits per heavy atom. The molecule has 0 fully saturated rings. The van der Waals surface area contributed by atoms with Crippen molar-refractivity contribution in [1.29, 1.82) is 0 Å². The molecule has 0 spiro atoms. The number of aliphatic carboxylic acids is 1. The van der Waals surface area contributed by atoms with Gasteiger partial charge in [-0.15, -0.1) is 0 Å². The fraction of sp³-hybridized carbons (Fsp3) is 0.125. The van der Waals surface area contributed by atoms with Gasteiger partial charge in [0.2, 0.25) is 0 Å². The maximum Gasteiger partial charge on any atom is 0.303 e. The molecule has 0 atom stereocenters. The molecule has 0 bridgehead atoms. The summed E-state index contributed by atoms with van der Waals surface area (Å²) in [5.41, 5.74) is -0.178. The fourth-order valence-electron chi connectivity index (χ4n) is 2.44. The SMILES string of the molecule is O=C(O)CCC(O)=c1c(=O)cc(-c2ccccc2F)n2ncnc12. The van der Waals surface area contributed by atoms with Crippen LogP contribution in [0.15, 0.2) is 41.5 Å². The lowest BCUT2D eigenvalue weighted by atomic mass is 10.1. The van der Waals surface area contributed by atoms with Gasteiger partial charge in [0, 0.05) is 18.1 Å². The highest BCUT2D eigenvalue weighted by atomic mass is 19.1. The average molecular weight is 329 g/mol. The molecular formula is C16H12FN3O4. The fourth-order valence-corrected chi connectivity index (χ4v) is 2.44. The second-order valence-corrected chi connectivity index (χ2v) is 5.08. The molecule has 7 nitrogen and oxygen atoms in total. The molecule has 3 aromatic rings. The molecule has 2 aromatic heterocycles. The first-order chi connectivity index (χ1) is 11.5. The van der Waals surface area contributed by atoms with Gasteiger partial charge < -0.3 is 10.2 Å². The zero-order chi connectivity index (χ0) is 17.3. The molecular weight excluding hydrogens is 317 g/mol. The predicted molar refractivity (Wildman–Crippen MR) is 82.8 cm³/mol. The quantitative estimate of drug-likeness (QED) is 0.744. The third kappa shape index (κ3) is 2.69. The predicted octanol–water partition coefficient (Wildman–Crippen LogP) is 1.15. The summed E-state index contributed by atoms with van der Waals surface area (Å²) < 4.78 is 15.3. The molecule has 0 saturated heterocycles. The number of carboxylic acids is 1. The summed E-state index contributed by atoms with van der Waals surface area (Å²) in [6.45, 7) is 0. The van der Waals surface area contributed by atoms with Crippen molar-refractivity contribution in [3.05, 3.63) is 57.9 Å². The third-order valence-corrected chi connectivity index (χ3v) is 3.53. The highest BCUT2D eigenvalue weighted by molar-refractivity contribution is 5.69. The van der Waals surface area contributed by atoms with E-state index in [2.05, 4.69) is 10.1 Å². The molecule has 8 heteroatoms. The Balaban J connectivity index is 2.29. The van der Waals surface area contributed by atoms with Crippen LogP contribution in [0.4, 0.5) is 4.39 Å². The lowest BCUT2D eigenvalue weighted by molar-refractivity contribution is -0.136. The van der Waals surface area contributed by atoms with Crippen LogP contribution in [0.5, 0.6) is 0 Å². The number of pyridine rings is 1. The van der Waals surface area contributed by atoms with E-state index in [9.17, 15) is 19.1 Å². The molecule has 0 aliphatic rings. The molecule has 0 aliphatic heterocycles. The van der Waals surface area contributed by atoms with Crippen LogP contribution >= 0.6 is 0 Å². The summed E-state index contributed by atoms with van der Waals surface area (Å²) in [5, 5.41) is 22.6. The molecule has 122 valence electrons. The number of aromatic nitrogens is 3. The van der Waals surface area contributed by atoms with E-state index in [1.54, 1.807) is 6.07 Å². The minimum absolute atomic E-state index is 0.0450. The Bertz CT molecular complexity index is 1050. The van der Waals surface area contributed by atoms with Crippen molar-refractivity contribution < 1.29 is 19.4 Å². The number of rotatable bonds is 4. The number of hydrogen-bond acceptors (Lipinski definition) is 5. The van der Waals surface area contributed by atoms with Crippen LogP contribution in [0.1, 0.15) is 12.8 Å². The summed E-state index contributed by atoms with van der Waals surface area (Å²) in [4.78, 5) is 27.0. The van der Waals surface area contributed by atoms with Crippen molar-refractivity contribution >= 4 is 17.4 Å². The van der Waals surface area contributed by atoms with Gasteiger partial charge in [-0.05, 0) is 12.1 Å². The van der Waals surface area contributed by atoms with Crippen LogP contribution < -0.4 is 10.6 Å². The zero-order valence-electron chi connectivity index (χ0n) is 12.3. The van der Waals surface area contributed by atoms with E-state index in [0.29, 0.717) is 0 Å². The van der Waals surface area contributed by atoms with Crippen LogP contribution in [0.3, 0.4) is 0 Å². The van der Waals surface area contributed by atoms with E-state index in [1.807, 2.05) is 0 Å². The minimum Gasteiger partial charge on any atom is -0.511 e. The van der Waals surface area contributed by atoms with Gasteiger partial charge in [0.25, 0.3) is 0 Å². The first kappa shape index (κ1) is 15.6. The number of hydrogen-bond donors (Lipinski definition) is 2. The van der Waals surface area contributed by atoms with Gasteiger partial charge in [-0.2, -0.15) is 5.10 Å². The van der Waals surface area contributed by atoms with Crippen molar-refractivity contribution in [2.75, 3.05) is 0 Å². The Morgan fingerprint density at radius 3 is 2.67 bits per heavy atom. The van der Waals surface area contributed by atoms with Gasteiger partial charge in [0.05, 0.1) is 12.1 Å². The molecule has 0 saturated carbocycles. The molecule has 0 unspecified atom stereocenters. The van der Waals surface area contributed by atoms with Crippen LogP contribution in [-0.2, 0) is 4.79 Å². The van der Waals surface area contributed by atoms with Crippen molar-refractivity contribution in [1.82, 2.24) is 14.6 Å². The maximum atomic E-state index is 14.0. The molecule has 2 heterocycles. The topological polar surface area (TPSA) is 105 Å². The van der Waals surface area contributed by atoms with Gasteiger partial charge >= 0.3 is 5.97 Å². The second-order valence-electron chi connectivity index (χ2n) is 5.08. The van der Waals surface area contributed by atoms with Crippen LogP contribution in [0.2, 0.25) is 0 Å². The lowest BCUT2D eigenvalue weighted by Gasteiger charge is -2.06. The number of carbonyl (C=O) groups is 1. The normalized spacial score (nSPS) is 12.4. The summed E-state index contributed by atoms with van der Waals surface area (Å²) in [6, 6.07) is 7.05. The van der Waals surface area contributed by atoms with E-state index in [4.69, 9.17) is 5.11 Å². The van der Waals surface area contributed by atoms with Gasteiger partial charge in [-0.25, -0.2) is 13.9 Å². The molecule has 0 amide bonds. The van der Waals surface area contributed by atoms with Crippen molar-refractivity contribution in [3.8, 4) is 11.3 Å². The van der Waals surface area contributed by atoms with E-state index < -0.39 is 17.2 Å². The van der Waals surface area contributed by atoms with Gasteiger partial charge in [-0.3, -0.25) is 9.59 Å². The largest absolute Gasteiger partial charge is 0.511 e. The molecule has 0 radical (unpaired) electrons. The smallest absolute Gasteiger partial charge is 0.303 e. The number of aliphatic hydroxyl groups is 1. The number of halogens is 1. The lowest BCUT2D eigenvalue weighted by Crippen LogP contribution is -2.30. The van der Waals surface area contributed by atoms with Crippen molar-refractivity contribution in [2.45, 2.75) is 12.8 Å². The Labute approximate surface area is 134 Å². The summed E-state index contributed by atoms with van der Waals surface area (Å²) >= 11 is 0.